The van der Waals surface area contributed by atoms with Crippen molar-refractivity contribution in [1.82, 2.24) is 0 Å². The number of carbonyl (C=O) groups is 1. The lowest BCUT2D eigenvalue weighted by molar-refractivity contribution is -0.209. The van der Waals surface area contributed by atoms with Crippen LogP contribution in [0.25, 0.3) is 0 Å². The quantitative estimate of drug-likeness (QED) is 0.450. The van der Waals surface area contributed by atoms with Crippen molar-refractivity contribution >= 4 is 5.78 Å². The molecule has 0 bridgehead atoms. The molecule has 0 spiro atoms. The van der Waals surface area contributed by atoms with Gasteiger partial charge in [-0.3, -0.25) is 4.79 Å². The zero-order valence-corrected chi connectivity index (χ0v) is 22.5. The lowest BCUT2D eigenvalue weighted by Gasteiger charge is -2.69. The molecule has 0 saturated heterocycles. The highest BCUT2D eigenvalue weighted by Crippen LogP contribution is 2.75. The molecule has 0 amide bonds. The fourth-order valence-electron chi connectivity index (χ4n) is 10.2. The first-order valence-electron chi connectivity index (χ1n) is 13.8. The second-order valence-electron chi connectivity index (χ2n) is 14.0. The molecule has 0 aromatic carbocycles. The standard InChI is InChI=1S/C30H50O3/c1-20(2)9-8-15-30(33,19-31)22-12-17-28(6)21(22)10-11-24-27(5)16-14-25(32)26(3,4)23(27)13-18-29(24,28)7/h9,21-24,31,33H,8,10-19H2,1-7H3/t21-,22?,23?,24?,27+,28?,29-,30+/m1/s1. The van der Waals surface area contributed by atoms with Crippen LogP contribution in [0.5, 0.6) is 0 Å². The van der Waals surface area contributed by atoms with E-state index in [2.05, 4.69) is 54.5 Å². The van der Waals surface area contributed by atoms with Gasteiger partial charge in [0.25, 0.3) is 0 Å². The van der Waals surface area contributed by atoms with Crippen molar-refractivity contribution in [1.29, 1.82) is 0 Å². The van der Waals surface area contributed by atoms with Crippen LogP contribution in [-0.2, 0) is 4.79 Å². The molecule has 33 heavy (non-hydrogen) atoms. The second kappa shape index (κ2) is 8.19. The third-order valence-electron chi connectivity index (χ3n) is 12.2. The Hall–Kier alpha value is -0.670. The summed E-state index contributed by atoms with van der Waals surface area (Å²) in [5.41, 5.74) is 0.762. The van der Waals surface area contributed by atoms with Gasteiger partial charge in [-0.05, 0) is 112 Å². The minimum Gasteiger partial charge on any atom is -0.393 e. The van der Waals surface area contributed by atoms with Gasteiger partial charge < -0.3 is 10.2 Å². The topological polar surface area (TPSA) is 57.5 Å². The van der Waals surface area contributed by atoms with Gasteiger partial charge in [-0.15, -0.1) is 0 Å². The number of aliphatic hydroxyl groups is 2. The number of aliphatic hydroxyl groups excluding tert-OH is 1. The van der Waals surface area contributed by atoms with Gasteiger partial charge in [-0.25, -0.2) is 0 Å². The van der Waals surface area contributed by atoms with E-state index in [0.717, 1.165) is 44.9 Å². The van der Waals surface area contributed by atoms with Crippen molar-refractivity contribution in [2.24, 2.45) is 45.3 Å². The van der Waals surface area contributed by atoms with Crippen molar-refractivity contribution in [3.63, 3.8) is 0 Å². The van der Waals surface area contributed by atoms with E-state index in [1.807, 2.05) is 0 Å². The molecule has 0 aliphatic heterocycles. The van der Waals surface area contributed by atoms with Crippen molar-refractivity contribution < 1.29 is 15.0 Å². The van der Waals surface area contributed by atoms with Crippen LogP contribution in [0, 0.1) is 45.3 Å². The normalized spacial score (nSPS) is 46.0. The maximum absolute atomic E-state index is 12.9. The zero-order valence-electron chi connectivity index (χ0n) is 22.5. The highest BCUT2D eigenvalue weighted by atomic mass is 16.3. The van der Waals surface area contributed by atoms with Crippen molar-refractivity contribution in [2.45, 2.75) is 118 Å². The van der Waals surface area contributed by atoms with Crippen LogP contribution in [-0.4, -0.2) is 28.2 Å². The highest BCUT2D eigenvalue weighted by molar-refractivity contribution is 5.85. The Labute approximate surface area is 202 Å². The molecule has 3 heteroatoms. The number of allylic oxidation sites excluding steroid dienone is 2. The molecular formula is C30H50O3. The summed E-state index contributed by atoms with van der Waals surface area (Å²) < 4.78 is 0. The molecule has 0 heterocycles. The molecule has 4 rings (SSSR count). The monoisotopic (exact) mass is 458 g/mol. The first-order valence-corrected chi connectivity index (χ1v) is 13.8. The highest BCUT2D eigenvalue weighted by Gasteiger charge is 2.69. The number of ketones is 1. The summed E-state index contributed by atoms with van der Waals surface area (Å²) in [6.45, 7) is 16.1. The lowest BCUT2D eigenvalue weighted by atomic mass is 9.35. The van der Waals surface area contributed by atoms with E-state index in [4.69, 9.17) is 0 Å². The van der Waals surface area contributed by atoms with Crippen LogP contribution in [0.2, 0.25) is 0 Å². The molecule has 4 fully saturated rings. The van der Waals surface area contributed by atoms with Crippen LogP contribution >= 0.6 is 0 Å². The third-order valence-corrected chi connectivity index (χ3v) is 12.2. The average Bonchev–Trinajstić information content (AvgIpc) is 3.10. The first-order chi connectivity index (χ1) is 15.3. The van der Waals surface area contributed by atoms with E-state index in [9.17, 15) is 15.0 Å². The molecule has 4 aliphatic rings. The summed E-state index contributed by atoms with van der Waals surface area (Å²) in [4.78, 5) is 12.9. The fourth-order valence-corrected chi connectivity index (χ4v) is 10.2. The number of carbonyl (C=O) groups excluding carboxylic acids is 1. The molecule has 2 N–H and O–H groups in total. The Bertz CT molecular complexity index is 809. The van der Waals surface area contributed by atoms with Crippen molar-refractivity contribution in [3.05, 3.63) is 11.6 Å². The van der Waals surface area contributed by atoms with Crippen LogP contribution in [0.15, 0.2) is 11.6 Å². The molecule has 0 radical (unpaired) electrons. The lowest BCUT2D eigenvalue weighted by Crippen LogP contribution is -2.63. The van der Waals surface area contributed by atoms with Gasteiger partial charge in [0.05, 0.1) is 12.2 Å². The van der Waals surface area contributed by atoms with Gasteiger partial charge in [-0.1, -0.05) is 46.3 Å². The summed E-state index contributed by atoms with van der Waals surface area (Å²) in [5, 5.41) is 22.0. The minimum atomic E-state index is -0.974. The van der Waals surface area contributed by atoms with Gasteiger partial charge in [-0.2, -0.15) is 0 Å². The molecule has 4 saturated carbocycles. The van der Waals surface area contributed by atoms with Gasteiger partial charge in [0.1, 0.15) is 5.78 Å². The van der Waals surface area contributed by atoms with E-state index < -0.39 is 5.60 Å². The van der Waals surface area contributed by atoms with Crippen LogP contribution in [0.1, 0.15) is 113 Å². The zero-order chi connectivity index (χ0) is 24.4. The molecule has 8 atom stereocenters. The van der Waals surface area contributed by atoms with Gasteiger partial charge >= 0.3 is 0 Å². The fraction of sp³-hybridized carbons (Fsp3) is 0.900. The number of Topliss-reactive ketones (excluding diaryl/α,β-unsaturated/α-hetero) is 1. The smallest absolute Gasteiger partial charge is 0.138 e. The molecule has 3 nitrogen and oxygen atoms in total. The molecular weight excluding hydrogens is 408 g/mol. The number of hydrogen-bond donors (Lipinski definition) is 2. The van der Waals surface area contributed by atoms with E-state index in [1.54, 1.807) is 0 Å². The summed E-state index contributed by atoms with van der Waals surface area (Å²) in [6, 6.07) is 0. The molecule has 0 aromatic rings. The average molecular weight is 459 g/mol. The molecule has 188 valence electrons. The maximum atomic E-state index is 12.9. The van der Waals surface area contributed by atoms with Gasteiger partial charge in [0, 0.05) is 11.8 Å². The van der Waals surface area contributed by atoms with Crippen molar-refractivity contribution in [3.8, 4) is 0 Å². The van der Waals surface area contributed by atoms with E-state index in [0.29, 0.717) is 30.0 Å². The summed E-state index contributed by atoms with van der Waals surface area (Å²) in [7, 11) is 0. The molecule has 4 unspecified atom stereocenters. The Morgan fingerprint density at radius 3 is 2.27 bits per heavy atom. The van der Waals surface area contributed by atoms with Crippen LogP contribution in [0.4, 0.5) is 0 Å². The van der Waals surface area contributed by atoms with Gasteiger partial charge in [0.2, 0.25) is 0 Å². The number of rotatable bonds is 5. The van der Waals surface area contributed by atoms with Crippen molar-refractivity contribution in [2.75, 3.05) is 6.61 Å². The van der Waals surface area contributed by atoms with Crippen LogP contribution < -0.4 is 0 Å². The Kier molecular flexibility index (Phi) is 6.31. The Morgan fingerprint density at radius 1 is 0.970 bits per heavy atom. The summed E-state index contributed by atoms with van der Waals surface area (Å²) >= 11 is 0. The van der Waals surface area contributed by atoms with E-state index in [1.165, 1.54) is 18.4 Å². The van der Waals surface area contributed by atoms with Crippen LogP contribution in [0.3, 0.4) is 0 Å². The summed E-state index contributed by atoms with van der Waals surface area (Å²) in [6.07, 6.45) is 12.4. The molecule has 4 aliphatic carbocycles. The van der Waals surface area contributed by atoms with E-state index in [-0.39, 0.29) is 34.2 Å². The predicted molar refractivity (Wildman–Crippen MR) is 135 cm³/mol. The Balaban J connectivity index is 1.64. The first kappa shape index (κ1) is 25.4. The maximum Gasteiger partial charge on any atom is 0.138 e. The second-order valence-corrected chi connectivity index (χ2v) is 14.0. The predicted octanol–water partition coefficient (Wildman–Crippen LogP) is 6.71. The summed E-state index contributed by atoms with van der Waals surface area (Å²) in [5.74, 6) is 2.26. The SMILES string of the molecule is CC(C)=CCC[C@](O)(CO)C1CCC2(C)[C@@H]1CCC1[C@@]3(C)CCC(=O)C(C)(C)C3CC[C@]12C. The van der Waals surface area contributed by atoms with Gasteiger partial charge in [0.15, 0.2) is 0 Å². The third kappa shape index (κ3) is 3.53. The van der Waals surface area contributed by atoms with E-state index >= 15 is 0 Å². The largest absolute Gasteiger partial charge is 0.393 e. The number of hydrogen-bond acceptors (Lipinski definition) is 3. The minimum absolute atomic E-state index is 0.128. The number of fused-ring (bicyclic) bond motifs is 5. The molecule has 0 aromatic heterocycles. The Morgan fingerprint density at radius 2 is 1.64 bits per heavy atom.